The van der Waals surface area contributed by atoms with Gasteiger partial charge in [0, 0.05) is 34.6 Å². The fourth-order valence-corrected chi connectivity index (χ4v) is 3.54. The van der Waals surface area contributed by atoms with Gasteiger partial charge in [-0.05, 0) is 61.0 Å². The Kier molecular flexibility index (Phi) is 5.93. The van der Waals surface area contributed by atoms with Gasteiger partial charge < -0.3 is 14.4 Å². The van der Waals surface area contributed by atoms with Gasteiger partial charge in [-0.25, -0.2) is 4.98 Å². The highest BCUT2D eigenvalue weighted by atomic mass is 35.5. The van der Waals surface area contributed by atoms with E-state index in [2.05, 4.69) is 20.4 Å². The second-order valence-corrected chi connectivity index (χ2v) is 8.31. The summed E-state index contributed by atoms with van der Waals surface area (Å²) in [6, 6.07) is 22.4. The summed E-state index contributed by atoms with van der Waals surface area (Å²) in [4.78, 5) is 21.2. The zero-order valence-electron chi connectivity index (χ0n) is 18.3. The highest BCUT2D eigenvalue weighted by Gasteiger charge is 2.13. The maximum absolute atomic E-state index is 12.4. The monoisotopic (exact) mass is 469 g/mol. The molecule has 0 aliphatic heterocycles. The van der Waals surface area contributed by atoms with Crippen LogP contribution in [0.3, 0.4) is 0 Å². The molecule has 0 saturated carbocycles. The summed E-state index contributed by atoms with van der Waals surface area (Å²) in [5.74, 6) is 0.687. The lowest BCUT2D eigenvalue weighted by Gasteiger charge is -2.07. The van der Waals surface area contributed by atoms with E-state index in [0.717, 1.165) is 22.4 Å². The number of carbonyl (C=O) groups excluding carboxylic acids is 1. The Bertz CT molecular complexity index is 1420. The normalized spacial score (nSPS) is 10.9. The van der Waals surface area contributed by atoms with E-state index in [-0.39, 0.29) is 5.91 Å². The molecule has 0 fully saturated rings. The molecule has 5 aromatic rings. The van der Waals surface area contributed by atoms with Crippen molar-refractivity contribution < 1.29 is 9.32 Å². The molecule has 0 spiro atoms. The third-order valence-electron chi connectivity index (χ3n) is 5.27. The largest absolute Gasteiger partial charge is 0.332 e. The number of anilines is 1. The Morgan fingerprint density at radius 2 is 1.74 bits per heavy atom. The number of nitrogens with one attached hydrogen (secondary N) is 1. The molecule has 0 aliphatic rings. The SMILES string of the molecule is Cc1ccc(C(=O)Nc2ccc(Cn3cnc(-c4nc(-c5ccc(Cl)cc5)no4)c3)cc2)cc1. The molecular weight excluding hydrogens is 450 g/mol. The van der Waals surface area contributed by atoms with E-state index in [1.54, 1.807) is 18.5 Å². The fraction of sp³-hybridized carbons (Fsp3) is 0.0769. The van der Waals surface area contributed by atoms with Crippen molar-refractivity contribution in [1.29, 1.82) is 0 Å². The van der Waals surface area contributed by atoms with Crippen molar-refractivity contribution in [2.45, 2.75) is 13.5 Å². The van der Waals surface area contributed by atoms with Crippen molar-refractivity contribution in [3.63, 3.8) is 0 Å². The van der Waals surface area contributed by atoms with Crippen LogP contribution in [0.1, 0.15) is 21.5 Å². The average Bonchev–Trinajstić information content (AvgIpc) is 3.51. The lowest BCUT2D eigenvalue weighted by molar-refractivity contribution is 0.102. The summed E-state index contributed by atoms with van der Waals surface area (Å²) in [7, 11) is 0. The van der Waals surface area contributed by atoms with Crippen molar-refractivity contribution in [2.24, 2.45) is 0 Å². The molecule has 0 unspecified atom stereocenters. The summed E-state index contributed by atoms with van der Waals surface area (Å²) >= 11 is 5.93. The van der Waals surface area contributed by atoms with Crippen LogP contribution in [0.25, 0.3) is 23.0 Å². The van der Waals surface area contributed by atoms with E-state index in [1.165, 1.54) is 0 Å². The molecule has 34 heavy (non-hydrogen) atoms. The fourth-order valence-electron chi connectivity index (χ4n) is 3.41. The van der Waals surface area contributed by atoms with Gasteiger partial charge in [0.1, 0.15) is 5.69 Å². The van der Waals surface area contributed by atoms with Crippen LogP contribution in [-0.2, 0) is 6.54 Å². The number of aromatic nitrogens is 4. The van der Waals surface area contributed by atoms with Crippen molar-refractivity contribution in [1.82, 2.24) is 19.7 Å². The number of amides is 1. The van der Waals surface area contributed by atoms with E-state index in [0.29, 0.717) is 34.5 Å². The minimum atomic E-state index is -0.135. The molecule has 1 amide bonds. The predicted octanol–water partition coefficient (Wildman–Crippen LogP) is 5.86. The van der Waals surface area contributed by atoms with Crippen LogP contribution in [-0.4, -0.2) is 25.6 Å². The third-order valence-corrected chi connectivity index (χ3v) is 5.52. The molecule has 0 aliphatic carbocycles. The number of rotatable bonds is 6. The van der Waals surface area contributed by atoms with Crippen LogP contribution in [0.5, 0.6) is 0 Å². The quantitative estimate of drug-likeness (QED) is 0.336. The van der Waals surface area contributed by atoms with E-state index < -0.39 is 0 Å². The van der Waals surface area contributed by atoms with Crippen LogP contribution >= 0.6 is 11.6 Å². The number of carbonyl (C=O) groups is 1. The second kappa shape index (κ2) is 9.33. The molecule has 2 heterocycles. The summed E-state index contributed by atoms with van der Waals surface area (Å²) in [5.41, 5.74) is 4.94. The van der Waals surface area contributed by atoms with Gasteiger partial charge >= 0.3 is 0 Å². The van der Waals surface area contributed by atoms with Gasteiger partial charge in [-0.1, -0.05) is 46.6 Å². The first-order valence-corrected chi connectivity index (χ1v) is 11.0. The first-order valence-electron chi connectivity index (χ1n) is 10.6. The molecule has 8 heteroatoms. The standard InChI is InChI=1S/C26H20ClN5O2/c1-17-2-6-20(7-3-17)25(33)29-22-12-4-18(5-13-22)14-32-15-23(28-16-32)26-30-24(31-34-26)19-8-10-21(27)11-9-19/h2-13,15-16H,14H2,1H3,(H,29,33). The number of halogens is 1. The van der Waals surface area contributed by atoms with Gasteiger partial charge in [-0.3, -0.25) is 4.79 Å². The van der Waals surface area contributed by atoms with Crippen molar-refractivity contribution in [3.05, 3.63) is 107 Å². The molecule has 7 nitrogen and oxygen atoms in total. The van der Waals surface area contributed by atoms with Gasteiger partial charge in [-0.2, -0.15) is 4.98 Å². The van der Waals surface area contributed by atoms with Crippen LogP contribution in [0.4, 0.5) is 5.69 Å². The van der Waals surface area contributed by atoms with E-state index in [1.807, 2.05) is 78.4 Å². The first-order chi connectivity index (χ1) is 16.5. The Morgan fingerprint density at radius 3 is 2.47 bits per heavy atom. The summed E-state index contributed by atoms with van der Waals surface area (Å²) in [6.45, 7) is 2.60. The second-order valence-electron chi connectivity index (χ2n) is 7.88. The summed E-state index contributed by atoms with van der Waals surface area (Å²) < 4.78 is 7.32. The predicted molar refractivity (Wildman–Crippen MR) is 131 cm³/mol. The van der Waals surface area contributed by atoms with Crippen molar-refractivity contribution in [3.8, 4) is 23.0 Å². The van der Waals surface area contributed by atoms with E-state index >= 15 is 0 Å². The van der Waals surface area contributed by atoms with E-state index in [4.69, 9.17) is 16.1 Å². The molecule has 0 bridgehead atoms. The van der Waals surface area contributed by atoms with Gasteiger partial charge in [0.2, 0.25) is 5.82 Å². The molecular formula is C26H20ClN5O2. The minimum Gasteiger partial charge on any atom is -0.332 e. The number of hydrogen-bond acceptors (Lipinski definition) is 5. The Morgan fingerprint density at radius 1 is 1.00 bits per heavy atom. The molecule has 0 saturated heterocycles. The maximum atomic E-state index is 12.4. The smallest absolute Gasteiger partial charge is 0.278 e. The number of hydrogen-bond donors (Lipinski definition) is 1. The van der Waals surface area contributed by atoms with Crippen LogP contribution in [0.15, 0.2) is 89.8 Å². The van der Waals surface area contributed by atoms with Gasteiger partial charge in [0.05, 0.1) is 6.33 Å². The van der Waals surface area contributed by atoms with Crippen LogP contribution in [0, 0.1) is 6.92 Å². The first kappa shape index (κ1) is 21.6. The lowest BCUT2D eigenvalue weighted by Crippen LogP contribution is -2.11. The Hall–Kier alpha value is -4.23. The molecule has 0 atom stereocenters. The van der Waals surface area contributed by atoms with E-state index in [9.17, 15) is 4.79 Å². The highest BCUT2D eigenvalue weighted by Crippen LogP contribution is 2.23. The molecule has 168 valence electrons. The average molecular weight is 470 g/mol. The summed E-state index contributed by atoms with van der Waals surface area (Å²) in [6.07, 6.45) is 3.57. The van der Waals surface area contributed by atoms with Crippen molar-refractivity contribution >= 4 is 23.2 Å². The summed E-state index contributed by atoms with van der Waals surface area (Å²) in [5, 5.41) is 7.60. The van der Waals surface area contributed by atoms with Crippen LogP contribution < -0.4 is 5.32 Å². The Labute approximate surface area is 201 Å². The topological polar surface area (TPSA) is 85.8 Å². The van der Waals surface area contributed by atoms with Gasteiger partial charge in [-0.15, -0.1) is 0 Å². The molecule has 1 N–H and O–H groups in total. The van der Waals surface area contributed by atoms with Gasteiger partial charge in [0.15, 0.2) is 0 Å². The minimum absolute atomic E-state index is 0.135. The third kappa shape index (κ3) is 4.89. The lowest BCUT2D eigenvalue weighted by atomic mass is 10.1. The molecule has 0 radical (unpaired) electrons. The van der Waals surface area contributed by atoms with Crippen LogP contribution in [0.2, 0.25) is 5.02 Å². The Balaban J connectivity index is 1.23. The molecule has 2 aromatic heterocycles. The zero-order chi connectivity index (χ0) is 23.5. The van der Waals surface area contributed by atoms with Crippen molar-refractivity contribution in [2.75, 3.05) is 5.32 Å². The number of benzene rings is 3. The maximum Gasteiger partial charge on any atom is 0.278 e. The highest BCUT2D eigenvalue weighted by molar-refractivity contribution is 6.30. The zero-order valence-corrected chi connectivity index (χ0v) is 19.0. The van der Waals surface area contributed by atoms with Gasteiger partial charge in [0.25, 0.3) is 11.8 Å². The number of aryl methyl sites for hydroxylation is 1. The number of imidazole rings is 1. The molecule has 5 rings (SSSR count). The number of nitrogens with zero attached hydrogens (tertiary/aromatic N) is 4. The molecule has 3 aromatic carbocycles.